The van der Waals surface area contributed by atoms with Crippen LogP contribution in [0.2, 0.25) is 0 Å². The number of halogens is 2. The van der Waals surface area contributed by atoms with Crippen LogP contribution in [0.15, 0.2) is 12.1 Å². The number of nitriles is 1. The summed E-state index contributed by atoms with van der Waals surface area (Å²) in [4.78, 5) is 0. The largest absolute Gasteiger partial charge is 0.395 e. The molecule has 98 valence electrons. The van der Waals surface area contributed by atoms with Gasteiger partial charge in [-0.15, -0.1) is 0 Å². The van der Waals surface area contributed by atoms with Crippen LogP contribution in [0.4, 0.5) is 8.78 Å². The molecule has 0 saturated heterocycles. The van der Waals surface area contributed by atoms with E-state index in [-0.39, 0.29) is 36.2 Å². The molecule has 0 saturated carbocycles. The van der Waals surface area contributed by atoms with E-state index in [9.17, 15) is 8.78 Å². The van der Waals surface area contributed by atoms with Gasteiger partial charge in [-0.05, 0) is 18.1 Å². The molecule has 1 atom stereocenters. The van der Waals surface area contributed by atoms with Gasteiger partial charge in [-0.2, -0.15) is 5.26 Å². The van der Waals surface area contributed by atoms with E-state index >= 15 is 0 Å². The van der Waals surface area contributed by atoms with E-state index in [4.69, 9.17) is 10.4 Å². The monoisotopic (exact) mass is 254 g/mol. The lowest BCUT2D eigenvalue weighted by molar-refractivity contribution is 0.209. The van der Waals surface area contributed by atoms with Crippen molar-refractivity contribution in [2.75, 3.05) is 6.61 Å². The van der Waals surface area contributed by atoms with Crippen molar-refractivity contribution in [3.05, 3.63) is 34.9 Å². The SMILES string of the molecule is CC(C)C(CO)NCc1c(F)cc(C#N)cc1F. The van der Waals surface area contributed by atoms with Gasteiger partial charge in [0, 0.05) is 18.2 Å². The highest BCUT2D eigenvalue weighted by Crippen LogP contribution is 2.15. The Balaban J connectivity index is 2.83. The fraction of sp³-hybridized carbons (Fsp3) is 0.462. The lowest BCUT2D eigenvalue weighted by Crippen LogP contribution is -2.36. The van der Waals surface area contributed by atoms with Crippen molar-refractivity contribution in [1.29, 1.82) is 5.26 Å². The van der Waals surface area contributed by atoms with Gasteiger partial charge >= 0.3 is 0 Å². The maximum atomic E-state index is 13.6. The summed E-state index contributed by atoms with van der Waals surface area (Å²) in [6.07, 6.45) is 0. The van der Waals surface area contributed by atoms with E-state index in [2.05, 4.69) is 5.32 Å². The number of nitrogens with one attached hydrogen (secondary N) is 1. The highest BCUT2D eigenvalue weighted by Gasteiger charge is 2.15. The van der Waals surface area contributed by atoms with Gasteiger partial charge < -0.3 is 10.4 Å². The van der Waals surface area contributed by atoms with Crippen molar-refractivity contribution < 1.29 is 13.9 Å². The zero-order valence-electron chi connectivity index (χ0n) is 10.4. The van der Waals surface area contributed by atoms with Crippen LogP contribution in [-0.4, -0.2) is 17.8 Å². The number of aliphatic hydroxyl groups is 1. The van der Waals surface area contributed by atoms with Gasteiger partial charge in [0.25, 0.3) is 0 Å². The van der Waals surface area contributed by atoms with E-state index in [1.165, 1.54) is 0 Å². The quantitative estimate of drug-likeness (QED) is 0.844. The van der Waals surface area contributed by atoms with Gasteiger partial charge in [-0.3, -0.25) is 0 Å². The second-order valence-electron chi connectivity index (χ2n) is 4.44. The van der Waals surface area contributed by atoms with Gasteiger partial charge in [-0.1, -0.05) is 13.8 Å². The molecule has 2 N–H and O–H groups in total. The average molecular weight is 254 g/mol. The molecule has 0 bridgehead atoms. The Bertz CT molecular complexity index is 432. The van der Waals surface area contributed by atoms with Crippen LogP contribution in [0.3, 0.4) is 0 Å². The summed E-state index contributed by atoms with van der Waals surface area (Å²) in [5.41, 5.74) is -0.163. The minimum atomic E-state index is -0.750. The minimum Gasteiger partial charge on any atom is -0.395 e. The van der Waals surface area contributed by atoms with E-state index < -0.39 is 11.6 Å². The number of nitrogens with zero attached hydrogens (tertiary/aromatic N) is 1. The molecule has 0 aromatic heterocycles. The fourth-order valence-corrected chi connectivity index (χ4v) is 1.58. The zero-order chi connectivity index (χ0) is 13.7. The summed E-state index contributed by atoms with van der Waals surface area (Å²) >= 11 is 0. The molecule has 5 heteroatoms. The molecule has 0 aliphatic rings. The van der Waals surface area contributed by atoms with Gasteiger partial charge in [-0.25, -0.2) is 8.78 Å². The zero-order valence-corrected chi connectivity index (χ0v) is 10.4. The van der Waals surface area contributed by atoms with Crippen LogP contribution >= 0.6 is 0 Å². The first-order valence-electron chi connectivity index (χ1n) is 5.71. The number of hydrogen-bond acceptors (Lipinski definition) is 3. The molecule has 0 spiro atoms. The van der Waals surface area contributed by atoms with Crippen LogP contribution in [0.25, 0.3) is 0 Å². The second-order valence-corrected chi connectivity index (χ2v) is 4.44. The smallest absolute Gasteiger partial charge is 0.131 e. The standard InChI is InChI=1S/C13H16F2N2O/c1-8(2)13(7-18)17-6-10-11(14)3-9(5-16)4-12(10)15/h3-4,8,13,17-18H,6-7H2,1-2H3. The fourth-order valence-electron chi connectivity index (χ4n) is 1.58. The van der Waals surface area contributed by atoms with Crippen molar-refractivity contribution in [2.45, 2.75) is 26.4 Å². The third kappa shape index (κ3) is 3.49. The molecule has 0 heterocycles. The Hall–Kier alpha value is -1.51. The molecule has 1 aromatic carbocycles. The van der Waals surface area contributed by atoms with Crippen molar-refractivity contribution >= 4 is 0 Å². The lowest BCUT2D eigenvalue weighted by Gasteiger charge is -2.20. The first-order chi connectivity index (χ1) is 8.49. The molecule has 1 aromatic rings. The number of hydrogen-bond donors (Lipinski definition) is 2. The topological polar surface area (TPSA) is 56.0 Å². The molecule has 3 nitrogen and oxygen atoms in total. The second kappa shape index (κ2) is 6.43. The number of benzene rings is 1. The van der Waals surface area contributed by atoms with Crippen molar-refractivity contribution in [2.24, 2.45) is 5.92 Å². The molecule has 0 aliphatic heterocycles. The van der Waals surface area contributed by atoms with Crippen molar-refractivity contribution in [3.8, 4) is 6.07 Å². The molecular formula is C13H16F2N2O. The maximum Gasteiger partial charge on any atom is 0.131 e. The predicted molar refractivity (Wildman–Crippen MR) is 63.6 cm³/mol. The van der Waals surface area contributed by atoms with Gasteiger partial charge in [0.05, 0.1) is 18.2 Å². The predicted octanol–water partition coefficient (Wildman–Crippen LogP) is 1.94. The normalized spacial score (nSPS) is 12.5. The van der Waals surface area contributed by atoms with Gasteiger partial charge in [0.1, 0.15) is 11.6 Å². The third-order valence-corrected chi connectivity index (χ3v) is 2.81. The lowest BCUT2D eigenvalue weighted by atomic mass is 10.0. The summed E-state index contributed by atoms with van der Waals surface area (Å²) in [6, 6.07) is 3.47. The Morgan fingerprint density at radius 2 is 1.89 bits per heavy atom. The first kappa shape index (κ1) is 14.6. The Labute approximate surface area is 105 Å². The first-order valence-corrected chi connectivity index (χ1v) is 5.71. The van der Waals surface area contributed by atoms with Gasteiger partial charge in [0.15, 0.2) is 0 Å². The Morgan fingerprint density at radius 1 is 1.33 bits per heavy atom. The molecule has 0 aliphatic carbocycles. The number of aliphatic hydroxyl groups excluding tert-OH is 1. The summed E-state index contributed by atoms with van der Waals surface area (Å²) in [5, 5.41) is 20.6. The third-order valence-electron chi connectivity index (χ3n) is 2.81. The average Bonchev–Trinajstić information content (AvgIpc) is 2.32. The number of rotatable bonds is 5. The Morgan fingerprint density at radius 3 is 2.28 bits per heavy atom. The maximum absolute atomic E-state index is 13.6. The van der Waals surface area contributed by atoms with Crippen LogP contribution in [0.5, 0.6) is 0 Å². The minimum absolute atomic E-state index is 0.0210. The molecule has 1 rings (SSSR count). The highest BCUT2D eigenvalue weighted by atomic mass is 19.1. The van der Waals surface area contributed by atoms with Crippen LogP contribution in [0, 0.1) is 28.9 Å². The molecule has 18 heavy (non-hydrogen) atoms. The summed E-state index contributed by atoms with van der Waals surface area (Å²) in [6.45, 7) is 3.68. The van der Waals surface area contributed by atoms with Crippen LogP contribution < -0.4 is 5.32 Å². The molecule has 0 radical (unpaired) electrons. The van der Waals surface area contributed by atoms with Crippen molar-refractivity contribution in [1.82, 2.24) is 5.32 Å². The van der Waals surface area contributed by atoms with Crippen molar-refractivity contribution in [3.63, 3.8) is 0 Å². The van der Waals surface area contributed by atoms with E-state index in [0.717, 1.165) is 12.1 Å². The molecule has 0 amide bonds. The summed E-state index contributed by atoms with van der Waals surface area (Å²) in [7, 11) is 0. The molecular weight excluding hydrogens is 238 g/mol. The molecule has 0 fully saturated rings. The van der Waals surface area contributed by atoms with Crippen LogP contribution in [0.1, 0.15) is 25.0 Å². The van der Waals surface area contributed by atoms with E-state index in [0.29, 0.717) is 0 Å². The Kier molecular flexibility index (Phi) is 5.20. The summed E-state index contributed by atoms with van der Waals surface area (Å²) < 4.78 is 27.1. The highest BCUT2D eigenvalue weighted by molar-refractivity contribution is 5.34. The van der Waals surface area contributed by atoms with E-state index in [1.54, 1.807) is 6.07 Å². The molecule has 1 unspecified atom stereocenters. The summed E-state index contributed by atoms with van der Waals surface area (Å²) in [5.74, 6) is -1.35. The van der Waals surface area contributed by atoms with Crippen LogP contribution in [-0.2, 0) is 6.54 Å². The van der Waals surface area contributed by atoms with E-state index in [1.807, 2.05) is 13.8 Å². The van der Waals surface area contributed by atoms with Gasteiger partial charge in [0.2, 0.25) is 0 Å².